The molecule has 0 saturated carbocycles. The number of anilines is 1. The third kappa shape index (κ3) is 4.56. The number of thioether (sulfide) groups is 1. The molecule has 2 aromatic carbocycles. The summed E-state index contributed by atoms with van der Waals surface area (Å²) in [5, 5.41) is 1.12. The molecule has 2 N–H and O–H groups in total. The van der Waals surface area contributed by atoms with E-state index in [4.69, 9.17) is 20.2 Å². The fourth-order valence-electron chi connectivity index (χ4n) is 3.77. The van der Waals surface area contributed by atoms with Gasteiger partial charge in [0.1, 0.15) is 6.26 Å². The molecule has 7 nitrogen and oxygen atoms in total. The Balaban J connectivity index is 1.36. The number of hydrogen-bond donors (Lipinski definition) is 1. The maximum atomic E-state index is 6.12. The van der Waals surface area contributed by atoms with E-state index >= 15 is 0 Å². The monoisotopic (exact) mass is 523 g/mol. The second-order valence-electron chi connectivity index (χ2n) is 7.62. The molecule has 33 heavy (non-hydrogen) atoms. The molecular formula is C24H22BrN5O2S. The number of halogens is 1. The van der Waals surface area contributed by atoms with Crippen LogP contribution in [0.1, 0.15) is 36.7 Å². The molecule has 2 aromatic rings. The summed E-state index contributed by atoms with van der Waals surface area (Å²) in [5.74, 6) is 1.40. The first-order chi connectivity index (χ1) is 16.1. The van der Waals surface area contributed by atoms with Gasteiger partial charge in [0.15, 0.2) is 22.5 Å². The summed E-state index contributed by atoms with van der Waals surface area (Å²) in [7, 11) is 0. The van der Waals surface area contributed by atoms with Crippen LogP contribution < -0.4 is 5.73 Å². The van der Waals surface area contributed by atoms with E-state index in [-0.39, 0.29) is 0 Å². The van der Waals surface area contributed by atoms with Crippen LogP contribution in [0.25, 0.3) is 11.5 Å². The topological polar surface area (TPSA) is 88.1 Å². The maximum absolute atomic E-state index is 6.12. The summed E-state index contributed by atoms with van der Waals surface area (Å²) in [6.45, 7) is 2.92. The van der Waals surface area contributed by atoms with Crippen LogP contribution in [0, 0.1) is 0 Å². The standard InChI is InChI=1S/C24H22BrN5O2S/c1-2-15(16-8-4-3-5-9-16)12-30-14-27-21(26)20-22(30)29-24(28-20)33-19-13-31-23(32-19)17-10-6-7-11-18(17)25/h3-11,13-15,23H,2,12,26H2,1H3. The first kappa shape index (κ1) is 21.8. The Labute approximate surface area is 204 Å². The number of imidazole rings is 1. The molecule has 0 spiro atoms. The zero-order valence-electron chi connectivity index (χ0n) is 17.9. The normalized spacial score (nSPS) is 16.3. The number of benzene rings is 2. The summed E-state index contributed by atoms with van der Waals surface area (Å²) in [6.07, 6.45) is 3.81. The molecule has 168 valence electrons. The maximum Gasteiger partial charge on any atom is 0.268 e. The van der Waals surface area contributed by atoms with Gasteiger partial charge in [0.05, 0.1) is 6.33 Å². The molecule has 9 heteroatoms. The summed E-state index contributed by atoms with van der Waals surface area (Å²) < 4.78 is 14.6. The van der Waals surface area contributed by atoms with Crippen molar-refractivity contribution >= 4 is 33.5 Å². The fourth-order valence-corrected chi connectivity index (χ4v) is 4.93. The molecular weight excluding hydrogens is 502 g/mol. The van der Waals surface area contributed by atoms with Crippen molar-refractivity contribution in [1.29, 1.82) is 0 Å². The van der Waals surface area contributed by atoms with E-state index in [2.05, 4.69) is 57.1 Å². The van der Waals surface area contributed by atoms with E-state index in [1.807, 2.05) is 34.9 Å². The summed E-state index contributed by atoms with van der Waals surface area (Å²) in [6, 6.07) is 18.3. The van der Waals surface area contributed by atoms with Gasteiger partial charge < -0.3 is 19.8 Å². The quantitative estimate of drug-likeness (QED) is 0.320. The summed E-state index contributed by atoms with van der Waals surface area (Å²) >= 11 is 4.84. The van der Waals surface area contributed by atoms with E-state index in [1.165, 1.54) is 17.3 Å². The molecule has 3 aliphatic heterocycles. The lowest BCUT2D eigenvalue weighted by molar-refractivity contribution is -0.0278. The van der Waals surface area contributed by atoms with Crippen LogP contribution in [0.2, 0.25) is 0 Å². The predicted octanol–water partition coefficient (Wildman–Crippen LogP) is 5.95. The molecule has 0 aromatic heterocycles. The van der Waals surface area contributed by atoms with Gasteiger partial charge in [0.25, 0.3) is 6.29 Å². The van der Waals surface area contributed by atoms with Gasteiger partial charge in [-0.3, -0.25) is 0 Å². The summed E-state index contributed by atoms with van der Waals surface area (Å²) in [5.41, 5.74) is 8.91. The van der Waals surface area contributed by atoms with Crippen molar-refractivity contribution in [1.82, 2.24) is 19.5 Å². The smallest absolute Gasteiger partial charge is 0.268 e. The molecule has 2 atom stereocenters. The van der Waals surface area contributed by atoms with Crippen molar-refractivity contribution in [2.24, 2.45) is 0 Å². The van der Waals surface area contributed by atoms with Gasteiger partial charge in [-0.15, -0.1) is 0 Å². The van der Waals surface area contributed by atoms with Crippen LogP contribution in [0.15, 0.2) is 81.9 Å². The average molecular weight is 524 g/mol. The highest BCUT2D eigenvalue weighted by Crippen LogP contribution is 2.40. The highest BCUT2D eigenvalue weighted by molar-refractivity contribution is 9.10. The minimum atomic E-state index is -0.514. The van der Waals surface area contributed by atoms with Crippen molar-refractivity contribution in [2.75, 3.05) is 5.73 Å². The van der Waals surface area contributed by atoms with Crippen molar-refractivity contribution < 1.29 is 9.47 Å². The number of rotatable bonds is 7. The van der Waals surface area contributed by atoms with Gasteiger partial charge in [-0.2, -0.15) is 0 Å². The largest absolute Gasteiger partial charge is 0.454 e. The second kappa shape index (κ2) is 9.44. The summed E-state index contributed by atoms with van der Waals surface area (Å²) in [4.78, 5) is 13.7. The molecule has 5 rings (SSSR count). The Morgan fingerprint density at radius 1 is 1.12 bits per heavy atom. The molecule has 0 radical (unpaired) electrons. The van der Waals surface area contributed by atoms with Crippen molar-refractivity contribution in [3.05, 3.63) is 87.9 Å². The lowest BCUT2D eigenvalue weighted by Crippen LogP contribution is -2.13. The molecule has 0 aliphatic carbocycles. The Hall–Kier alpha value is -3.04. The SMILES string of the molecule is CCC(Cn1cnc(N)c2nc(SC3=COC(c4ccccc4Br)O3)nc1-2)c1ccccc1. The van der Waals surface area contributed by atoms with Crippen LogP contribution in [0.4, 0.5) is 5.82 Å². The molecule has 0 amide bonds. The molecule has 0 bridgehead atoms. The van der Waals surface area contributed by atoms with Crippen LogP contribution in [0.3, 0.4) is 0 Å². The molecule has 3 heterocycles. The number of fused-ring (bicyclic) bond motifs is 1. The van der Waals surface area contributed by atoms with Gasteiger partial charge in [-0.25, -0.2) is 15.0 Å². The van der Waals surface area contributed by atoms with E-state index in [9.17, 15) is 0 Å². The minimum Gasteiger partial charge on any atom is -0.454 e. The Morgan fingerprint density at radius 2 is 1.91 bits per heavy atom. The zero-order valence-corrected chi connectivity index (χ0v) is 20.3. The number of nitrogens with zero attached hydrogens (tertiary/aromatic N) is 4. The molecule has 0 saturated heterocycles. The lowest BCUT2D eigenvalue weighted by Gasteiger charge is -2.19. The third-order valence-corrected chi connectivity index (χ3v) is 7.00. The Bertz CT molecular complexity index is 1260. The Kier molecular flexibility index (Phi) is 6.24. The first-order valence-corrected chi connectivity index (χ1v) is 12.2. The van der Waals surface area contributed by atoms with Gasteiger partial charge in [-0.1, -0.05) is 71.4 Å². The molecule has 3 aliphatic rings. The number of hydrogen-bond acceptors (Lipinski definition) is 7. The fraction of sp³-hybridized carbons (Fsp3) is 0.208. The Morgan fingerprint density at radius 3 is 2.70 bits per heavy atom. The predicted molar refractivity (Wildman–Crippen MR) is 131 cm³/mol. The molecule has 2 unspecified atom stereocenters. The van der Waals surface area contributed by atoms with Crippen LogP contribution in [-0.2, 0) is 16.0 Å². The number of ether oxygens (including phenoxy) is 2. The van der Waals surface area contributed by atoms with E-state index < -0.39 is 6.29 Å². The second-order valence-corrected chi connectivity index (χ2v) is 9.45. The van der Waals surface area contributed by atoms with Crippen LogP contribution in [0.5, 0.6) is 0 Å². The third-order valence-electron chi connectivity index (χ3n) is 5.51. The van der Waals surface area contributed by atoms with E-state index in [1.54, 1.807) is 12.6 Å². The van der Waals surface area contributed by atoms with Crippen molar-refractivity contribution in [2.45, 2.75) is 37.3 Å². The van der Waals surface area contributed by atoms with Crippen molar-refractivity contribution in [3.63, 3.8) is 0 Å². The average Bonchev–Trinajstić information content (AvgIpc) is 3.48. The van der Waals surface area contributed by atoms with Gasteiger partial charge in [0.2, 0.25) is 5.09 Å². The van der Waals surface area contributed by atoms with E-state index in [0.29, 0.717) is 33.5 Å². The number of aromatic nitrogens is 4. The lowest BCUT2D eigenvalue weighted by atomic mass is 9.96. The highest BCUT2D eigenvalue weighted by Gasteiger charge is 2.27. The number of nitrogens with two attached hydrogens (primary N) is 1. The number of nitrogen functional groups attached to an aromatic ring is 1. The zero-order chi connectivity index (χ0) is 22.8. The molecule has 0 fully saturated rings. The highest BCUT2D eigenvalue weighted by atomic mass is 79.9. The van der Waals surface area contributed by atoms with Crippen molar-refractivity contribution in [3.8, 4) is 11.5 Å². The van der Waals surface area contributed by atoms with Gasteiger partial charge in [-0.05, 0) is 29.8 Å². The van der Waals surface area contributed by atoms with Crippen LogP contribution >= 0.6 is 27.7 Å². The van der Waals surface area contributed by atoms with Gasteiger partial charge >= 0.3 is 0 Å². The minimum absolute atomic E-state index is 0.331. The van der Waals surface area contributed by atoms with Gasteiger partial charge in [0, 0.05) is 22.5 Å². The van der Waals surface area contributed by atoms with Crippen LogP contribution in [-0.4, -0.2) is 19.5 Å². The first-order valence-electron chi connectivity index (χ1n) is 10.6. The van der Waals surface area contributed by atoms with E-state index in [0.717, 1.165) is 23.0 Å².